The molecule has 5 nitrogen and oxygen atoms in total. The van der Waals surface area contributed by atoms with Crippen molar-refractivity contribution in [3.8, 4) is 6.07 Å². The number of benzene rings is 1. The third-order valence-electron chi connectivity index (χ3n) is 3.22. The predicted octanol–water partition coefficient (Wildman–Crippen LogP) is 3.12. The third-order valence-corrected chi connectivity index (χ3v) is 5.33. The first-order valence-corrected chi connectivity index (χ1v) is 8.59. The van der Waals surface area contributed by atoms with Crippen molar-refractivity contribution in [1.29, 1.82) is 5.26 Å². The van der Waals surface area contributed by atoms with Gasteiger partial charge in [-0.1, -0.05) is 35.7 Å². The van der Waals surface area contributed by atoms with E-state index >= 15 is 0 Å². The van der Waals surface area contributed by atoms with Crippen LogP contribution in [0.5, 0.6) is 0 Å². The molecule has 1 aromatic heterocycles. The Hall–Kier alpha value is -2.30. The predicted molar refractivity (Wildman–Crippen MR) is 91.1 cm³/mol. The average molecular weight is 340 g/mol. The van der Waals surface area contributed by atoms with Gasteiger partial charge in [-0.15, -0.1) is 0 Å². The number of hydrogen-bond acceptors (Lipinski definition) is 7. The second-order valence-electron chi connectivity index (χ2n) is 4.66. The highest BCUT2D eigenvalue weighted by molar-refractivity contribution is 8.03. The number of nitrogens with zero attached hydrogens (tertiary/aromatic N) is 4. The molecule has 0 aliphatic carbocycles. The van der Waals surface area contributed by atoms with Crippen molar-refractivity contribution in [2.45, 2.75) is 10.1 Å². The van der Waals surface area contributed by atoms with Gasteiger partial charge in [0.2, 0.25) is 0 Å². The summed E-state index contributed by atoms with van der Waals surface area (Å²) in [5.74, 6) is -0.0756. The first-order chi connectivity index (χ1) is 11.2. The summed E-state index contributed by atoms with van der Waals surface area (Å²) in [5, 5.41) is 10.6. The van der Waals surface area contributed by atoms with Crippen LogP contribution >= 0.6 is 23.5 Å². The Balaban J connectivity index is 1.80. The second-order valence-corrected chi connectivity index (χ2v) is 6.64. The minimum atomic E-state index is -0.216. The molecule has 0 saturated carbocycles. The zero-order valence-electron chi connectivity index (χ0n) is 12.3. The highest BCUT2D eigenvalue weighted by Gasteiger charge is 2.27. The van der Waals surface area contributed by atoms with Crippen LogP contribution in [0, 0.1) is 11.3 Å². The van der Waals surface area contributed by atoms with Crippen LogP contribution in [0.4, 0.5) is 5.69 Å². The molecule has 0 fully saturated rings. The van der Waals surface area contributed by atoms with Crippen molar-refractivity contribution in [1.82, 2.24) is 9.97 Å². The van der Waals surface area contributed by atoms with Crippen molar-refractivity contribution in [2.75, 3.05) is 17.7 Å². The van der Waals surface area contributed by atoms with Gasteiger partial charge in [-0.3, -0.25) is 4.79 Å². The van der Waals surface area contributed by atoms with Crippen LogP contribution in [0.15, 0.2) is 63.4 Å². The largest absolute Gasteiger partial charge is 0.337 e. The highest BCUT2D eigenvalue weighted by Crippen LogP contribution is 2.46. The van der Waals surface area contributed by atoms with Crippen LogP contribution in [0.2, 0.25) is 0 Å². The fourth-order valence-corrected chi connectivity index (χ4v) is 3.95. The summed E-state index contributed by atoms with van der Waals surface area (Å²) >= 11 is 2.68. The highest BCUT2D eigenvalue weighted by atomic mass is 32.2. The van der Waals surface area contributed by atoms with Gasteiger partial charge in [0.15, 0.2) is 10.9 Å². The van der Waals surface area contributed by atoms with E-state index in [4.69, 9.17) is 0 Å². The number of fused-ring (bicyclic) bond motifs is 1. The number of carbonyl (C=O) groups is 1. The topological polar surface area (TPSA) is 69.9 Å². The number of hydrogen-bond donors (Lipinski definition) is 0. The van der Waals surface area contributed by atoms with E-state index in [0.29, 0.717) is 10.2 Å². The van der Waals surface area contributed by atoms with Gasteiger partial charge in [0, 0.05) is 24.3 Å². The summed E-state index contributed by atoms with van der Waals surface area (Å²) in [7, 11) is 1.87. The number of anilines is 1. The number of rotatable bonds is 4. The summed E-state index contributed by atoms with van der Waals surface area (Å²) in [6.07, 6.45) is 3.25. The lowest BCUT2D eigenvalue weighted by atomic mass is 10.2. The van der Waals surface area contributed by atoms with Crippen molar-refractivity contribution >= 4 is 35.0 Å². The SMILES string of the molecule is CN1C(=C(C#N)C(=O)CSc2ncccn2)Sc2ccccc21. The lowest BCUT2D eigenvalue weighted by Crippen LogP contribution is -2.16. The molecule has 0 spiro atoms. The van der Waals surface area contributed by atoms with Gasteiger partial charge in [0.1, 0.15) is 16.7 Å². The summed E-state index contributed by atoms with van der Waals surface area (Å²) in [6.45, 7) is 0. The Labute approximate surface area is 142 Å². The fourth-order valence-electron chi connectivity index (χ4n) is 2.11. The zero-order chi connectivity index (χ0) is 16.2. The minimum absolute atomic E-state index is 0.140. The molecule has 0 amide bonds. The average Bonchev–Trinajstić information content (AvgIpc) is 2.92. The van der Waals surface area contributed by atoms with Gasteiger partial charge in [-0.25, -0.2) is 9.97 Å². The standard InChI is InChI=1S/C16H12N4OS2/c1-20-12-5-2-3-6-14(12)23-15(20)11(9-17)13(21)10-22-16-18-7-4-8-19-16/h2-8H,10H2,1H3. The van der Waals surface area contributed by atoms with Crippen LogP contribution in [0.1, 0.15) is 0 Å². The maximum absolute atomic E-state index is 12.4. The van der Waals surface area contributed by atoms with E-state index in [1.807, 2.05) is 36.2 Å². The number of carbonyl (C=O) groups excluding carboxylic acids is 1. The number of ketones is 1. The molecule has 0 N–H and O–H groups in total. The molecule has 1 aliphatic heterocycles. The van der Waals surface area contributed by atoms with Gasteiger partial charge in [-0.05, 0) is 18.2 Å². The lowest BCUT2D eigenvalue weighted by molar-refractivity contribution is -0.112. The normalized spacial score (nSPS) is 15.0. The molecule has 0 bridgehead atoms. The molecule has 23 heavy (non-hydrogen) atoms. The summed E-state index contributed by atoms with van der Waals surface area (Å²) in [6, 6.07) is 11.6. The molecule has 2 heterocycles. The molecule has 114 valence electrons. The van der Waals surface area contributed by atoms with E-state index in [9.17, 15) is 10.1 Å². The summed E-state index contributed by atoms with van der Waals surface area (Å²) in [5.41, 5.74) is 1.18. The van der Waals surface area contributed by atoms with E-state index < -0.39 is 0 Å². The van der Waals surface area contributed by atoms with E-state index in [0.717, 1.165) is 10.6 Å². The smallest absolute Gasteiger partial charge is 0.187 e. The molecule has 0 atom stereocenters. The van der Waals surface area contributed by atoms with Crippen LogP contribution in [0.25, 0.3) is 0 Å². The molecule has 0 unspecified atom stereocenters. The summed E-state index contributed by atoms with van der Waals surface area (Å²) in [4.78, 5) is 23.5. The third kappa shape index (κ3) is 3.23. The number of para-hydroxylation sites is 1. The monoisotopic (exact) mass is 340 g/mol. The lowest BCUT2D eigenvalue weighted by Gasteiger charge is -2.14. The number of aromatic nitrogens is 2. The second kappa shape index (κ2) is 6.86. The zero-order valence-corrected chi connectivity index (χ0v) is 13.9. The van der Waals surface area contributed by atoms with Gasteiger partial charge in [0.25, 0.3) is 0 Å². The quantitative estimate of drug-likeness (QED) is 0.366. The Morgan fingerprint density at radius 2 is 2.04 bits per heavy atom. The Kier molecular flexibility index (Phi) is 4.65. The number of Topliss-reactive ketones (excluding diaryl/α,β-unsaturated/α-hetero) is 1. The minimum Gasteiger partial charge on any atom is -0.337 e. The Morgan fingerprint density at radius 3 is 2.74 bits per heavy atom. The van der Waals surface area contributed by atoms with Crippen molar-refractivity contribution in [3.05, 3.63) is 53.3 Å². The van der Waals surface area contributed by atoms with Gasteiger partial charge in [-0.2, -0.15) is 5.26 Å². The molecule has 0 saturated heterocycles. The molecule has 2 aromatic rings. The first-order valence-electron chi connectivity index (χ1n) is 6.78. The van der Waals surface area contributed by atoms with Crippen LogP contribution in [-0.4, -0.2) is 28.6 Å². The van der Waals surface area contributed by atoms with E-state index in [1.165, 1.54) is 23.5 Å². The molecule has 7 heteroatoms. The molecular formula is C16H12N4OS2. The van der Waals surface area contributed by atoms with Crippen molar-refractivity contribution in [2.24, 2.45) is 0 Å². The van der Waals surface area contributed by atoms with Gasteiger partial charge in [0.05, 0.1) is 11.4 Å². The molecular weight excluding hydrogens is 328 g/mol. The van der Waals surface area contributed by atoms with E-state index in [2.05, 4.69) is 16.0 Å². The number of thioether (sulfide) groups is 2. The Morgan fingerprint density at radius 1 is 1.30 bits per heavy atom. The van der Waals surface area contributed by atoms with Crippen LogP contribution in [0.3, 0.4) is 0 Å². The van der Waals surface area contributed by atoms with Gasteiger partial charge >= 0.3 is 0 Å². The molecule has 3 rings (SSSR count). The van der Waals surface area contributed by atoms with Crippen LogP contribution in [-0.2, 0) is 4.79 Å². The number of allylic oxidation sites excluding steroid dienone is 1. The van der Waals surface area contributed by atoms with Crippen molar-refractivity contribution < 1.29 is 4.79 Å². The van der Waals surface area contributed by atoms with Crippen LogP contribution < -0.4 is 4.90 Å². The maximum atomic E-state index is 12.4. The molecule has 1 aromatic carbocycles. The van der Waals surface area contributed by atoms with E-state index in [1.54, 1.807) is 18.5 Å². The first kappa shape index (κ1) is 15.6. The Bertz CT molecular complexity index is 814. The fraction of sp³-hybridized carbons (Fsp3) is 0.125. The summed E-state index contributed by atoms with van der Waals surface area (Å²) < 4.78 is 0. The molecule has 0 radical (unpaired) electrons. The molecule has 1 aliphatic rings. The van der Waals surface area contributed by atoms with E-state index in [-0.39, 0.29) is 17.1 Å². The van der Waals surface area contributed by atoms with Crippen molar-refractivity contribution in [3.63, 3.8) is 0 Å². The number of nitriles is 1. The van der Waals surface area contributed by atoms with Gasteiger partial charge < -0.3 is 4.90 Å². The maximum Gasteiger partial charge on any atom is 0.187 e.